The van der Waals surface area contributed by atoms with Crippen LogP contribution in [-0.2, 0) is 14.6 Å². The Hall–Kier alpha value is -0.430. The normalized spacial score (nSPS) is 16.6. The van der Waals surface area contributed by atoms with Gasteiger partial charge in [0.25, 0.3) is 0 Å². The third-order valence-corrected chi connectivity index (χ3v) is 3.45. The molecular weight excluding hydrogens is 254 g/mol. The highest BCUT2D eigenvalue weighted by atomic mass is 32.3. The fourth-order valence-electron chi connectivity index (χ4n) is 2.02. The summed E-state index contributed by atoms with van der Waals surface area (Å²) in [5, 5.41) is 3.32. The van der Waals surface area contributed by atoms with Gasteiger partial charge in [-0.05, 0) is 58.0 Å². The van der Waals surface area contributed by atoms with Crippen LogP contribution in [0.3, 0.4) is 0 Å². The smallest absolute Gasteiger partial charge is 0.316 e. The van der Waals surface area contributed by atoms with Crippen molar-refractivity contribution in [1.29, 1.82) is 0 Å². The predicted octanol–water partition coefficient (Wildman–Crippen LogP) is 2.07. The van der Waals surface area contributed by atoms with Crippen molar-refractivity contribution >= 4 is 10.4 Å². The van der Waals surface area contributed by atoms with Crippen LogP contribution in [0.4, 0.5) is 0 Å². The molecule has 0 aliphatic heterocycles. The molecule has 0 aromatic rings. The maximum absolute atomic E-state index is 10.3. The summed E-state index contributed by atoms with van der Waals surface area (Å²) in [6.45, 7) is 1.87. The second kappa shape index (κ2) is 8.63. The molecule has 0 bridgehead atoms. The van der Waals surface area contributed by atoms with Crippen LogP contribution in [0.15, 0.2) is 11.6 Å². The molecule has 1 rings (SSSR count). The van der Waals surface area contributed by atoms with E-state index in [4.69, 9.17) is 4.55 Å². The van der Waals surface area contributed by atoms with Crippen LogP contribution in [0, 0.1) is 0 Å². The summed E-state index contributed by atoms with van der Waals surface area (Å²) in [4.78, 5) is 0. The zero-order chi connectivity index (χ0) is 13.3. The first-order chi connectivity index (χ1) is 8.58. The highest BCUT2D eigenvalue weighted by molar-refractivity contribution is 7.80. The summed E-state index contributed by atoms with van der Waals surface area (Å²) in [6.07, 6.45) is 10.0. The van der Waals surface area contributed by atoms with E-state index in [0.29, 0.717) is 6.42 Å². The monoisotopic (exact) mass is 277 g/mol. The molecule has 0 fully saturated rings. The van der Waals surface area contributed by atoms with E-state index in [2.05, 4.69) is 15.6 Å². The Morgan fingerprint density at radius 2 is 2.11 bits per heavy atom. The van der Waals surface area contributed by atoms with Crippen molar-refractivity contribution in [2.24, 2.45) is 0 Å². The number of unbranched alkanes of at least 4 members (excludes halogenated alkanes) is 1. The van der Waals surface area contributed by atoms with Gasteiger partial charge in [0.1, 0.15) is 0 Å². The average Bonchev–Trinajstić information content (AvgIpc) is 2.32. The summed E-state index contributed by atoms with van der Waals surface area (Å²) in [7, 11) is -4.26. The van der Waals surface area contributed by atoms with Crippen molar-refractivity contribution in [3.63, 3.8) is 0 Å². The maximum Gasteiger partial charge on any atom is 0.397 e. The molecule has 0 aromatic heterocycles. The topological polar surface area (TPSA) is 75.6 Å². The molecule has 0 saturated heterocycles. The Labute approximate surface area is 110 Å². The van der Waals surface area contributed by atoms with Crippen molar-refractivity contribution < 1.29 is 17.2 Å². The molecule has 0 unspecified atom stereocenters. The van der Waals surface area contributed by atoms with Crippen molar-refractivity contribution in [2.45, 2.75) is 44.9 Å². The first-order valence-corrected chi connectivity index (χ1v) is 7.95. The second-order valence-electron chi connectivity index (χ2n) is 4.56. The molecule has 0 atom stereocenters. The third-order valence-electron chi connectivity index (χ3n) is 2.99. The van der Waals surface area contributed by atoms with Gasteiger partial charge >= 0.3 is 10.4 Å². The van der Waals surface area contributed by atoms with E-state index in [1.54, 1.807) is 5.57 Å². The van der Waals surface area contributed by atoms with E-state index in [1.165, 1.54) is 25.7 Å². The van der Waals surface area contributed by atoms with Crippen molar-refractivity contribution in [3.05, 3.63) is 11.6 Å². The Balaban J connectivity index is 1.88. The lowest BCUT2D eigenvalue weighted by Gasteiger charge is -2.12. The third kappa shape index (κ3) is 8.63. The zero-order valence-electron chi connectivity index (χ0n) is 10.7. The van der Waals surface area contributed by atoms with Crippen LogP contribution in [0.1, 0.15) is 44.9 Å². The van der Waals surface area contributed by atoms with Crippen LogP contribution >= 0.6 is 0 Å². The molecule has 5 nitrogen and oxygen atoms in total. The zero-order valence-corrected chi connectivity index (χ0v) is 11.5. The molecule has 0 heterocycles. The van der Waals surface area contributed by atoms with Gasteiger partial charge in [-0.15, -0.1) is 0 Å². The van der Waals surface area contributed by atoms with Crippen LogP contribution in [0.25, 0.3) is 0 Å². The summed E-state index contributed by atoms with van der Waals surface area (Å²) >= 11 is 0. The number of nitrogens with one attached hydrogen (secondary N) is 1. The first kappa shape index (κ1) is 15.6. The highest BCUT2D eigenvalue weighted by Crippen LogP contribution is 2.19. The van der Waals surface area contributed by atoms with E-state index in [9.17, 15) is 8.42 Å². The minimum absolute atomic E-state index is 0.0473. The number of hydrogen-bond acceptors (Lipinski definition) is 4. The molecule has 1 aliphatic carbocycles. The van der Waals surface area contributed by atoms with E-state index < -0.39 is 10.4 Å². The number of hydrogen-bond donors (Lipinski definition) is 2. The van der Waals surface area contributed by atoms with Gasteiger partial charge in [-0.2, -0.15) is 8.42 Å². The molecule has 6 heteroatoms. The fraction of sp³-hybridized carbons (Fsp3) is 0.833. The Kier molecular flexibility index (Phi) is 7.50. The Morgan fingerprint density at radius 3 is 2.78 bits per heavy atom. The van der Waals surface area contributed by atoms with E-state index >= 15 is 0 Å². The molecule has 1 aliphatic rings. The Morgan fingerprint density at radius 1 is 1.28 bits per heavy atom. The van der Waals surface area contributed by atoms with Crippen molar-refractivity contribution in [1.82, 2.24) is 5.32 Å². The van der Waals surface area contributed by atoms with Gasteiger partial charge in [-0.1, -0.05) is 11.6 Å². The molecule has 0 amide bonds. The van der Waals surface area contributed by atoms with Gasteiger partial charge in [0.15, 0.2) is 0 Å². The minimum atomic E-state index is -4.26. The lowest BCUT2D eigenvalue weighted by molar-refractivity contribution is 0.262. The number of allylic oxidation sites excluding steroid dienone is 1. The van der Waals surface area contributed by atoms with Crippen LogP contribution < -0.4 is 5.32 Å². The summed E-state index contributed by atoms with van der Waals surface area (Å²) in [5.41, 5.74) is 1.56. The van der Waals surface area contributed by atoms with Gasteiger partial charge in [0, 0.05) is 0 Å². The lowest BCUT2D eigenvalue weighted by Crippen LogP contribution is -2.18. The average molecular weight is 277 g/mol. The summed E-state index contributed by atoms with van der Waals surface area (Å²) < 4.78 is 33.1. The molecule has 0 saturated carbocycles. The maximum atomic E-state index is 10.3. The molecule has 0 spiro atoms. The quantitative estimate of drug-likeness (QED) is 0.383. The molecule has 106 valence electrons. The largest absolute Gasteiger partial charge is 0.397 e. The van der Waals surface area contributed by atoms with Gasteiger partial charge < -0.3 is 5.32 Å². The SMILES string of the molecule is O=S(=O)(O)OCCCCNCCC1=CCCCC1. The van der Waals surface area contributed by atoms with E-state index in [-0.39, 0.29) is 6.61 Å². The standard InChI is InChI=1S/C12H23NO4S/c14-18(15,16)17-11-5-4-9-13-10-8-12-6-2-1-3-7-12/h6,13H,1-5,7-11H2,(H,14,15,16). The van der Waals surface area contributed by atoms with Gasteiger partial charge in [0.2, 0.25) is 0 Å². The number of rotatable bonds is 9. The predicted molar refractivity (Wildman–Crippen MR) is 70.8 cm³/mol. The first-order valence-electron chi connectivity index (χ1n) is 6.58. The second-order valence-corrected chi connectivity index (χ2v) is 5.66. The summed E-state index contributed by atoms with van der Waals surface area (Å²) in [5.74, 6) is 0. The van der Waals surface area contributed by atoms with Crippen molar-refractivity contribution in [2.75, 3.05) is 19.7 Å². The lowest BCUT2D eigenvalue weighted by atomic mass is 9.97. The van der Waals surface area contributed by atoms with Gasteiger partial charge in [-0.3, -0.25) is 4.55 Å². The minimum Gasteiger partial charge on any atom is -0.316 e. The molecule has 0 aromatic carbocycles. The summed E-state index contributed by atoms with van der Waals surface area (Å²) in [6, 6.07) is 0. The van der Waals surface area contributed by atoms with Crippen LogP contribution in [0.5, 0.6) is 0 Å². The van der Waals surface area contributed by atoms with Crippen LogP contribution in [0.2, 0.25) is 0 Å². The molecule has 0 radical (unpaired) electrons. The van der Waals surface area contributed by atoms with E-state index in [1.807, 2.05) is 0 Å². The molecular formula is C12H23NO4S. The van der Waals surface area contributed by atoms with E-state index in [0.717, 1.165) is 25.9 Å². The van der Waals surface area contributed by atoms with Crippen molar-refractivity contribution in [3.8, 4) is 0 Å². The molecule has 18 heavy (non-hydrogen) atoms. The highest BCUT2D eigenvalue weighted by Gasteiger charge is 2.04. The Bertz CT molecular complexity index is 351. The van der Waals surface area contributed by atoms with Gasteiger partial charge in [0.05, 0.1) is 6.61 Å². The molecule has 2 N–H and O–H groups in total. The fourth-order valence-corrected chi connectivity index (χ4v) is 2.35. The van der Waals surface area contributed by atoms with Gasteiger partial charge in [-0.25, -0.2) is 4.18 Å². The van der Waals surface area contributed by atoms with Crippen LogP contribution in [-0.4, -0.2) is 32.7 Å².